The SMILES string of the molecule is CC1=Nc2c(c(=O)[nH]n2C(C)C)[C@@H](c2ccc3c(c2)OCCO3)S1. The monoisotopic (exact) mass is 345 g/mol. The Labute approximate surface area is 143 Å². The van der Waals surface area contributed by atoms with Crippen LogP contribution in [0.3, 0.4) is 0 Å². The highest BCUT2D eigenvalue weighted by Gasteiger charge is 2.31. The molecule has 3 heterocycles. The highest BCUT2D eigenvalue weighted by atomic mass is 32.2. The number of nitrogens with one attached hydrogen (secondary N) is 1. The van der Waals surface area contributed by atoms with Crippen molar-refractivity contribution in [3.63, 3.8) is 0 Å². The summed E-state index contributed by atoms with van der Waals surface area (Å²) >= 11 is 1.59. The first-order chi connectivity index (χ1) is 11.5. The highest BCUT2D eigenvalue weighted by Crippen LogP contribution is 2.46. The second-order valence-electron chi connectivity index (χ2n) is 6.17. The van der Waals surface area contributed by atoms with Crippen molar-refractivity contribution in [2.75, 3.05) is 13.2 Å². The Balaban J connectivity index is 1.84. The van der Waals surface area contributed by atoms with E-state index in [1.165, 1.54) is 0 Å². The van der Waals surface area contributed by atoms with Gasteiger partial charge in [0.25, 0.3) is 5.56 Å². The van der Waals surface area contributed by atoms with Gasteiger partial charge in [-0.15, -0.1) is 0 Å². The molecule has 0 fully saturated rings. The molecule has 1 aromatic heterocycles. The Bertz CT molecular complexity index is 882. The van der Waals surface area contributed by atoms with Crippen LogP contribution in [0.1, 0.15) is 43.2 Å². The second-order valence-corrected chi connectivity index (χ2v) is 7.47. The summed E-state index contributed by atoms with van der Waals surface area (Å²) in [6.45, 7) is 7.15. The highest BCUT2D eigenvalue weighted by molar-refractivity contribution is 8.14. The number of H-pyrrole nitrogens is 1. The van der Waals surface area contributed by atoms with Crippen LogP contribution >= 0.6 is 11.8 Å². The van der Waals surface area contributed by atoms with Crippen LogP contribution in [0.25, 0.3) is 0 Å². The fourth-order valence-corrected chi connectivity index (χ4v) is 4.13. The number of ether oxygens (including phenoxy) is 2. The lowest BCUT2D eigenvalue weighted by atomic mass is 10.1. The van der Waals surface area contributed by atoms with E-state index in [2.05, 4.69) is 10.1 Å². The molecule has 126 valence electrons. The first-order valence-corrected chi connectivity index (χ1v) is 8.88. The molecule has 0 aliphatic carbocycles. The molecular weight excluding hydrogens is 326 g/mol. The van der Waals surface area contributed by atoms with Crippen molar-refractivity contribution in [3.05, 3.63) is 39.7 Å². The number of benzene rings is 1. The predicted octanol–water partition coefficient (Wildman–Crippen LogP) is 3.41. The molecule has 7 heteroatoms. The predicted molar refractivity (Wildman–Crippen MR) is 95.1 cm³/mol. The van der Waals surface area contributed by atoms with Gasteiger partial charge >= 0.3 is 0 Å². The third-order valence-electron chi connectivity index (χ3n) is 4.14. The smallest absolute Gasteiger partial charge is 0.271 e. The lowest BCUT2D eigenvalue weighted by molar-refractivity contribution is 0.171. The third-order valence-corrected chi connectivity index (χ3v) is 5.31. The molecule has 0 spiro atoms. The maximum atomic E-state index is 12.6. The van der Waals surface area contributed by atoms with Gasteiger partial charge in [-0.2, -0.15) is 0 Å². The standard InChI is InChI=1S/C17H19N3O3S/c1-9(2)20-16-14(17(21)19-20)15(24-10(3)18-16)11-4-5-12-13(8-11)23-7-6-22-12/h4-5,8-9,15H,6-7H2,1-3H3,(H,19,21)/t15-/m1/s1. The minimum Gasteiger partial charge on any atom is -0.486 e. The summed E-state index contributed by atoms with van der Waals surface area (Å²) < 4.78 is 13.1. The third kappa shape index (κ3) is 2.43. The van der Waals surface area contributed by atoms with E-state index in [0.717, 1.165) is 27.9 Å². The lowest BCUT2D eigenvalue weighted by Gasteiger charge is -2.24. The Morgan fingerprint density at radius 3 is 2.79 bits per heavy atom. The number of rotatable bonds is 2. The van der Waals surface area contributed by atoms with Gasteiger partial charge in [-0.05, 0) is 38.5 Å². The van der Waals surface area contributed by atoms with Crippen LogP contribution < -0.4 is 15.0 Å². The Kier molecular flexibility index (Phi) is 3.68. The van der Waals surface area contributed by atoms with Crippen molar-refractivity contribution in [3.8, 4) is 11.5 Å². The minimum absolute atomic E-state index is 0.0812. The average molecular weight is 345 g/mol. The van der Waals surface area contributed by atoms with E-state index in [0.29, 0.717) is 18.8 Å². The molecule has 2 aromatic rings. The van der Waals surface area contributed by atoms with Crippen LogP contribution in [0.15, 0.2) is 28.0 Å². The molecule has 0 amide bonds. The molecule has 0 radical (unpaired) electrons. The molecule has 24 heavy (non-hydrogen) atoms. The van der Waals surface area contributed by atoms with Crippen LogP contribution in [-0.4, -0.2) is 28.0 Å². The Hall–Kier alpha value is -2.15. The van der Waals surface area contributed by atoms with Gasteiger partial charge in [0.1, 0.15) is 13.2 Å². The summed E-state index contributed by atoms with van der Waals surface area (Å²) in [5.74, 6) is 2.22. The van der Waals surface area contributed by atoms with Crippen molar-refractivity contribution in [2.24, 2.45) is 4.99 Å². The van der Waals surface area contributed by atoms with Gasteiger partial charge in [0.15, 0.2) is 17.3 Å². The lowest BCUT2D eigenvalue weighted by Crippen LogP contribution is -2.17. The number of fused-ring (bicyclic) bond motifs is 2. The zero-order valence-electron chi connectivity index (χ0n) is 13.8. The van der Waals surface area contributed by atoms with E-state index < -0.39 is 0 Å². The van der Waals surface area contributed by atoms with Crippen molar-refractivity contribution in [1.82, 2.24) is 9.78 Å². The molecule has 0 unspecified atom stereocenters. The van der Waals surface area contributed by atoms with Gasteiger partial charge in [0.05, 0.1) is 15.9 Å². The molecule has 0 saturated heterocycles. The summed E-state index contributed by atoms with van der Waals surface area (Å²) in [5.41, 5.74) is 1.64. The van der Waals surface area contributed by atoms with Gasteiger partial charge < -0.3 is 9.47 Å². The number of nitrogens with zero attached hydrogens (tertiary/aromatic N) is 2. The summed E-state index contributed by atoms with van der Waals surface area (Å²) in [6, 6.07) is 6.03. The number of hydrogen-bond donors (Lipinski definition) is 1. The van der Waals surface area contributed by atoms with Crippen molar-refractivity contribution in [1.29, 1.82) is 0 Å². The first-order valence-electron chi connectivity index (χ1n) is 8.00. The van der Waals surface area contributed by atoms with Gasteiger partial charge in [-0.1, -0.05) is 17.8 Å². The molecular formula is C17H19N3O3S. The van der Waals surface area contributed by atoms with Crippen molar-refractivity contribution in [2.45, 2.75) is 32.1 Å². The quantitative estimate of drug-likeness (QED) is 0.905. The van der Waals surface area contributed by atoms with Crippen LogP contribution in [0, 0.1) is 0 Å². The van der Waals surface area contributed by atoms with E-state index >= 15 is 0 Å². The van der Waals surface area contributed by atoms with Crippen LogP contribution in [0.2, 0.25) is 0 Å². The normalized spacial score (nSPS) is 19.2. The number of hydrogen-bond acceptors (Lipinski definition) is 5. The Morgan fingerprint density at radius 1 is 1.29 bits per heavy atom. The van der Waals surface area contributed by atoms with Crippen LogP contribution in [0.4, 0.5) is 5.82 Å². The fourth-order valence-electron chi connectivity index (χ4n) is 3.04. The van der Waals surface area contributed by atoms with E-state index in [4.69, 9.17) is 9.47 Å². The maximum absolute atomic E-state index is 12.6. The molecule has 1 N–H and O–H groups in total. The zero-order valence-corrected chi connectivity index (χ0v) is 14.6. The van der Waals surface area contributed by atoms with Gasteiger partial charge in [-0.3, -0.25) is 14.6 Å². The van der Waals surface area contributed by atoms with E-state index in [1.54, 1.807) is 11.8 Å². The van der Waals surface area contributed by atoms with Gasteiger partial charge in [0, 0.05) is 6.04 Å². The molecule has 4 rings (SSSR count). The van der Waals surface area contributed by atoms with E-state index in [-0.39, 0.29) is 16.9 Å². The Morgan fingerprint density at radius 2 is 2.04 bits per heavy atom. The number of thioether (sulfide) groups is 1. The van der Waals surface area contributed by atoms with Crippen molar-refractivity contribution >= 4 is 22.6 Å². The van der Waals surface area contributed by atoms with Gasteiger partial charge in [0.2, 0.25) is 0 Å². The topological polar surface area (TPSA) is 68.6 Å². The van der Waals surface area contributed by atoms with Crippen LogP contribution in [-0.2, 0) is 0 Å². The molecule has 2 aliphatic rings. The molecule has 2 aliphatic heterocycles. The maximum Gasteiger partial charge on any atom is 0.271 e. The van der Waals surface area contributed by atoms with E-state index in [1.807, 2.05) is 43.7 Å². The number of aliphatic imine (C=N–C) groups is 1. The summed E-state index contributed by atoms with van der Waals surface area (Å²) in [4.78, 5) is 17.2. The molecule has 0 bridgehead atoms. The summed E-state index contributed by atoms with van der Waals surface area (Å²) in [5, 5.41) is 3.76. The minimum atomic E-state index is -0.0999. The fraction of sp³-hybridized carbons (Fsp3) is 0.412. The second kappa shape index (κ2) is 5.73. The van der Waals surface area contributed by atoms with Gasteiger partial charge in [-0.25, -0.2) is 4.99 Å². The summed E-state index contributed by atoms with van der Waals surface area (Å²) in [6.07, 6.45) is 0. The average Bonchev–Trinajstić information content (AvgIpc) is 2.90. The number of aromatic nitrogens is 2. The van der Waals surface area contributed by atoms with E-state index in [9.17, 15) is 4.79 Å². The zero-order chi connectivity index (χ0) is 16.8. The largest absolute Gasteiger partial charge is 0.486 e. The molecule has 6 nitrogen and oxygen atoms in total. The molecule has 1 aromatic carbocycles. The molecule has 0 saturated carbocycles. The number of aromatic amines is 1. The van der Waals surface area contributed by atoms with Crippen molar-refractivity contribution < 1.29 is 9.47 Å². The molecule has 1 atom stereocenters. The van der Waals surface area contributed by atoms with Crippen LogP contribution in [0.5, 0.6) is 11.5 Å². The summed E-state index contributed by atoms with van der Waals surface area (Å²) in [7, 11) is 0. The first kappa shape index (κ1) is 15.4.